The van der Waals surface area contributed by atoms with Gasteiger partial charge in [-0.1, -0.05) is 12.1 Å². The average Bonchev–Trinajstić information content (AvgIpc) is 2.18. The lowest BCUT2D eigenvalue weighted by Crippen LogP contribution is -1.97. The first-order valence-electron chi connectivity index (χ1n) is 3.80. The fourth-order valence-electron chi connectivity index (χ4n) is 0.881. The Morgan fingerprint density at radius 3 is 2.60 bits per heavy atom. The van der Waals surface area contributed by atoms with E-state index in [0.717, 1.165) is 6.66 Å². The molecule has 0 fully saturated rings. The Kier molecular flexibility index (Phi) is 3.41. The van der Waals surface area contributed by atoms with Crippen LogP contribution >= 0.6 is 7.60 Å². The zero-order valence-electron chi connectivity index (χ0n) is 7.69. The van der Waals surface area contributed by atoms with Crippen molar-refractivity contribution < 1.29 is 23.9 Å². The molecular formula is C7H8NO6P. The summed E-state index contributed by atoms with van der Waals surface area (Å²) in [6, 6.07) is 5.35. The van der Waals surface area contributed by atoms with Gasteiger partial charge >= 0.3 is 13.3 Å². The normalized spacial score (nSPS) is 14.3. The van der Waals surface area contributed by atoms with Crippen LogP contribution < -0.4 is 4.52 Å². The second-order valence-corrected chi connectivity index (χ2v) is 4.56. The van der Waals surface area contributed by atoms with Gasteiger partial charge in [0.2, 0.25) is 5.75 Å². The Bertz CT molecular complexity index is 420. The highest BCUT2D eigenvalue weighted by Gasteiger charge is 2.23. The van der Waals surface area contributed by atoms with E-state index in [9.17, 15) is 14.7 Å². The molecule has 0 saturated heterocycles. The minimum absolute atomic E-state index is 0.220. The Labute approximate surface area is 84.9 Å². The molecule has 0 aromatic heterocycles. The minimum Gasteiger partial charge on any atom is -0.416 e. The first-order chi connectivity index (χ1) is 6.96. The Morgan fingerprint density at radius 1 is 1.47 bits per heavy atom. The fourth-order valence-corrected chi connectivity index (χ4v) is 1.43. The van der Waals surface area contributed by atoms with Gasteiger partial charge in [-0.05, 0) is 6.07 Å². The zero-order chi connectivity index (χ0) is 11.5. The highest BCUT2D eigenvalue weighted by Crippen LogP contribution is 2.45. The molecule has 0 radical (unpaired) electrons. The molecule has 1 aromatic carbocycles. The van der Waals surface area contributed by atoms with Crippen molar-refractivity contribution in [1.29, 1.82) is 0 Å². The van der Waals surface area contributed by atoms with E-state index >= 15 is 0 Å². The van der Waals surface area contributed by atoms with Crippen LogP contribution in [-0.4, -0.2) is 16.8 Å². The first kappa shape index (κ1) is 11.6. The average molecular weight is 233 g/mol. The lowest BCUT2D eigenvalue weighted by Gasteiger charge is -2.10. The van der Waals surface area contributed by atoms with Gasteiger partial charge in [-0.3, -0.25) is 10.1 Å². The topological polar surface area (TPSA) is 98.9 Å². The molecule has 0 spiro atoms. The third-order valence-corrected chi connectivity index (χ3v) is 2.30. The molecule has 0 saturated carbocycles. The van der Waals surface area contributed by atoms with Crippen molar-refractivity contribution >= 4 is 13.3 Å². The van der Waals surface area contributed by atoms with Crippen LogP contribution in [0.15, 0.2) is 24.3 Å². The van der Waals surface area contributed by atoms with Gasteiger partial charge in [0, 0.05) is 6.07 Å². The number of nitro groups is 1. The number of nitro benzene ring substituents is 1. The van der Waals surface area contributed by atoms with E-state index in [1.54, 1.807) is 0 Å². The van der Waals surface area contributed by atoms with Gasteiger partial charge in [0.25, 0.3) is 0 Å². The van der Waals surface area contributed by atoms with Crippen molar-refractivity contribution in [2.75, 3.05) is 6.66 Å². The monoisotopic (exact) mass is 233 g/mol. The molecule has 0 aliphatic rings. The number of para-hydroxylation sites is 2. The second-order valence-electron chi connectivity index (χ2n) is 2.67. The summed E-state index contributed by atoms with van der Waals surface area (Å²) in [7, 11) is -3.71. The van der Waals surface area contributed by atoms with E-state index in [1.807, 2.05) is 0 Å². The molecule has 7 nitrogen and oxygen atoms in total. The van der Waals surface area contributed by atoms with Gasteiger partial charge in [-0.15, -0.1) is 4.67 Å². The molecule has 8 heteroatoms. The minimum atomic E-state index is -3.71. The van der Waals surface area contributed by atoms with Gasteiger partial charge in [0.1, 0.15) is 0 Å². The van der Waals surface area contributed by atoms with Crippen LogP contribution in [0, 0.1) is 10.1 Å². The summed E-state index contributed by atoms with van der Waals surface area (Å²) < 4.78 is 19.5. The molecule has 0 amide bonds. The van der Waals surface area contributed by atoms with Crippen LogP contribution in [0.3, 0.4) is 0 Å². The summed E-state index contributed by atoms with van der Waals surface area (Å²) in [4.78, 5) is 9.84. The number of benzene rings is 1. The SMILES string of the molecule is CP(=O)(OO)Oc1ccccc1[N+](=O)[O-]. The van der Waals surface area contributed by atoms with Gasteiger partial charge in [0.15, 0.2) is 0 Å². The van der Waals surface area contributed by atoms with E-state index in [-0.39, 0.29) is 11.4 Å². The lowest BCUT2D eigenvalue weighted by molar-refractivity contribution is -0.385. The van der Waals surface area contributed by atoms with Gasteiger partial charge in [-0.2, -0.15) is 0 Å². The standard InChI is InChI=1S/C7H8NO6P/c1-15(12,14-11)13-7-5-3-2-4-6(7)8(9)10/h2-5,11H,1H3. The van der Waals surface area contributed by atoms with Crippen LogP contribution in [0.25, 0.3) is 0 Å². The quantitative estimate of drug-likeness (QED) is 0.370. The zero-order valence-corrected chi connectivity index (χ0v) is 8.59. The van der Waals surface area contributed by atoms with Crippen molar-refractivity contribution in [3.8, 4) is 5.75 Å². The third kappa shape index (κ3) is 3.02. The molecule has 1 unspecified atom stereocenters. The van der Waals surface area contributed by atoms with Crippen LogP contribution in [0.5, 0.6) is 5.75 Å². The fraction of sp³-hybridized carbons (Fsp3) is 0.143. The first-order valence-corrected chi connectivity index (χ1v) is 5.79. The molecule has 82 valence electrons. The summed E-state index contributed by atoms with van der Waals surface area (Å²) in [5.74, 6) is -0.220. The molecule has 0 aliphatic heterocycles. The molecular weight excluding hydrogens is 225 g/mol. The Balaban J connectivity index is 3.05. The Morgan fingerprint density at radius 2 is 2.07 bits per heavy atom. The second kappa shape index (κ2) is 4.39. The van der Waals surface area contributed by atoms with Crippen molar-refractivity contribution in [3.63, 3.8) is 0 Å². The van der Waals surface area contributed by atoms with Crippen molar-refractivity contribution in [1.82, 2.24) is 0 Å². The van der Waals surface area contributed by atoms with E-state index in [2.05, 4.69) is 9.20 Å². The predicted molar refractivity (Wildman–Crippen MR) is 51.0 cm³/mol. The number of rotatable bonds is 4. The Hall–Kier alpha value is -1.43. The van der Waals surface area contributed by atoms with Crippen LogP contribution in [0.1, 0.15) is 0 Å². The van der Waals surface area contributed by atoms with Crippen molar-refractivity contribution in [2.45, 2.75) is 0 Å². The molecule has 1 N–H and O–H groups in total. The van der Waals surface area contributed by atoms with E-state index in [4.69, 9.17) is 5.26 Å². The molecule has 1 rings (SSSR count). The predicted octanol–water partition coefficient (Wildman–Crippen LogP) is 2.29. The maximum absolute atomic E-state index is 11.2. The van der Waals surface area contributed by atoms with Crippen LogP contribution in [-0.2, 0) is 9.24 Å². The summed E-state index contributed by atoms with van der Waals surface area (Å²) in [5.41, 5.74) is -0.350. The highest BCUT2D eigenvalue weighted by molar-refractivity contribution is 7.53. The highest BCUT2D eigenvalue weighted by atomic mass is 31.2. The maximum atomic E-state index is 11.2. The summed E-state index contributed by atoms with van der Waals surface area (Å²) >= 11 is 0. The summed E-state index contributed by atoms with van der Waals surface area (Å²) in [6.45, 7) is 0.990. The molecule has 1 aromatic rings. The molecule has 0 heterocycles. The summed E-state index contributed by atoms with van der Waals surface area (Å²) in [5, 5.41) is 18.8. The van der Waals surface area contributed by atoms with Crippen LogP contribution in [0.2, 0.25) is 0 Å². The number of hydrogen-bond donors (Lipinski definition) is 1. The van der Waals surface area contributed by atoms with E-state index in [1.165, 1.54) is 24.3 Å². The van der Waals surface area contributed by atoms with Gasteiger partial charge < -0.3 is 4.52 Å². The van der Waals surface area contributed by atoms with Crippen molar-refractivity contribution in [3.05, 3.63) is 34.4 Å². The van der Waals surface area contributed by atoms with Crippen molar-refractivity contribution in [2.24, 2.45) is 0 Å². The number of hydrogen-bond acceptors (Lipinski definition) is 6. The number of nitrogens with zero attached hydrogens (tertiary/aromatic N) is 1. The van der Waals surface area contributed by atoms with Gasteiger partial charge in [0.05, 0.1) is 11.6 Å². The maximum Gasteiger partial charge on any atom is 0.403 e. The molecule has 0 bridgehead atoms. The lowest BCUT2D eigenvalue weighted by atomic mass is 10.3. The molecule has 0 aliphatic carbocycles. The molecule has 15 heavy (non-hydrogen) atoms. The summed E-state index contributed by atoms with van der Waals surface area (Å²) in [6.07, 6.45) is 0. The van der Waals surface area contributed by atoms with E-state index in [0.29, 0.717) is 0 Å². The largest absolute Gasteiger partial charge is 0.416 e. The molecule has 1 atom stereocenters. The van der Waals surface area contributed by atoms with Crippen LogP contribution in [0.4, 0.5) is 5.69 Å². The smallest absolute Gasteiger partial charge is 0.403 e. The third-order valence-electron chi connectivity index (χ3n) is 1.47. The van der Waals surface area contributed by atoms with Gasteiger partial charge in [-0.25, -0.2) is 9.82 Å². The van der Waals surface area contributed by atoms with E-state index < -0.39 is 12.5 Å².